The maximum atomic E-state index is 11.9. The average Bonchev–Trinajstić information content (AvgIpc) is 2.27. The fourth-order valence-electron chi connectivity index (χ4n) is 1.65. The highest BCUT2D eigenvalue weighted by Crippen LogP contribution is 2.10. The maximum Gasteiger partial charge on any atom is 0.326 e. The number of aliphatic carboxylic acids is 1. The molecule has 0 aliphatic carbocycles. The minimum Gasteiger partial charge on any atom is -0.480 e. The number of amides is 1. The van der Waals surface area contributed by atoms with Crippen LogP contribution in [0.5, 0.6) is 0 Å². The predicted octanol–water partition coefficient (Wildman–Crippen LogP) is 0.500. The van der Waals surface area contributed by atoms with Crippen molar-refractivity contribution in [1.29, 1.82) is 0 Å². The van der Waals surface area contributed by atoms with Gasteiger partial charge in [0.05, 0.1) is 5.54 Å². The molecule has 0 saturated carbocycles. The molecule has 0 fully saturated rings. The van der Waals surface area contributed by atoms with Gasteiger partial charge in [0.25, 0.3) is 0 Å². The molecule has 0 saturated heterocycles. The van der Waals surface area contributed by atoms with Crippen LogP contribution in [-0.4, -0.2) is 42.3 Å². The fraction of sp³-hybridized carbons (Fsp3) is 0.833. The molecule has 0 aromatic heterocycles. The van der Waals surface area contributed by atoms with Gasteiger partial charge in [-0.2, -0.15) is 0 Å². The highest BCUT2D eigenvalue weighted by Gasteiger charge is 2.30. The Labute approximate surface area is 108 Å². The molecule has 0 heterocycles. The third-order valence-corrected chi connectivity index (χ3v) is 2.73. The molecule has 2 atom stereocenters. The Kier molecular flexibility index (Phi) is 7.54. The van der Waals surface area contributed by atoms with Crippen LogP contribution in [0.4, 0.5) is 0 Å². The van der Waals surface area contributed by atoms with E-state index in [1.807, 2.05) is 6.92 Å². The number of rotatable bonds is 9. The van der Waals surface area contributed by atoms with Crippen LogP contribution in [0.2, 0.25) is 0 Å². The topological polar surface area (TPSA) is 102 Å². The molecule has 0 aliphatic heterocycles. The summed E-state index contributed by atoms with van der Waals surface area (Å²) >= 11 is 0. The lowest BCUT2D eigenvalue weighted by Crippen LogP contribution is -2.55. The first kappa shape index (κ1) is 16.9. The lowest BCUT2D eigenvalue weighted by Gasteiger charge is -2.25. The Hall–Kier alpha value is -1.14. The summed E-state index contributed by atoms with van der Waals surface area (Å²) < 4.78 is 4.85. The molecule has 0 aromatic carbocycles. The molecule has 6 nitrogen and oxygen atoms in total. The Morgan fingerprint density at radius 3 is 2.56 bits per heavy atom. The molecule has 0 spiro atoms. The summed E-state index contributed by atoms with van der Waals surface area (Å²) in [6.07, 6.45) is 2.19. The zero-order valence-electron chi connectivity index (χ0n) is 11.4. The summed E-state index contributed by atoms with van der Waals surface area (Å²) in [6, 6.07) is -0.910. The molecular formula is C12H24N2O4. The smallest absolute Gasteiger partial charge is 0.326 e. The summed E-state index contributed by atoms with van der Waals surface area (Å²) in [6.45, 7) is 4.00. The van der Waals surface area contributed by atoms with Crippen LogP contribution < -0.4 is 11.1 Å². The van der Waals surface area contributed by atoms with Crippen molar-refractivity contribution >= 4 is 11.9 Å². The van der Waals surface area contributed by atoms with Crippen molar-refractivity contribution in [2.45, 2.75) is 51.1 Å². The molecule has 0 aromatic rings. The van der Waals surface area contributed by atoms with Crippen LogP contribution in [0, 0.1) is 0 Å². The van der Waals surface area contributed by atoms with Crippen LogP contribution in [-0.2, 0) is 14.3 Å². The molecule has 0 radical (unpaired) electrons. The zero-order chi connectivity index (χ0) is 14.2. The van der Waals surface area contributed by atoms with Crippen molar-refractivity contribution in [3.8, 4) is 0 Å². The van der Waals surface area contributed by atoms with E-state index >= 15 is 0 Å². The van der Waals surface area contributed by atoms with Crippen molar-refractivity contribution in [2.24, 2.45) is 5.73 Å². The molecule has 4 N–H and O–H groups in total. The van der Waals surface area contributed by atoms with Crippen LogP contribution in [0.1, 0.15) is 39.5 Å². The molecule has 106 valence electrons. The normalized spacial score (nSPS) is 15.8. The Morgan fingerprint density at radius 1 is 1.50 bits per heavy atom. The van der Waals surface area contributed by atoms with Crippen LogP contribution >= 0.6 is 0 Å². The summed E-state index contributed by atoms with van der Waals surface area (Å²) in [5.74, 6) is -1.47. The maximum absolute atomic E-state index is 11.9. The third kappa shape index (κ3) is 5.97. The monoisotopic (exact) mass is 260 g/mol. The number of carboxylic acid groups (broad SMARTS) is 1. The van der Waals surface area contributed by atoms with Gasteiger partial charge in [-0.1, -0.05) is 13.3 Å². The van der Waals surface area contributed by atoms with E-state index in [4.69, 9.17) is 15.6 Å². The molecule has 0 bridgehead atoms. The lowest BCUT2D eigenvalue weighted by atomic mass is 9.96. The Morgan fingerprint density at radius 2 is 2.11 bits per heavy atom. The first-order valence-corrected chi connectivity index (χ1v) is 6.16. The number of carboxylic acids is 1. The number of hydrogen-bond donors (Lipinski definition) is 3. The second-order valence-electron chi connectivity index (χ2n) is 4.67. The highest BCUT2D eigenvalue weighted by atomic mass is 16.5. The van der Waals surface area contributed by atoms with E-state index in [1.54, 1.807) is 14.0 Å². The second kappa shape index (κ2) is 8.05. The van der Waals surface area contributed by atoms with Crippen molar-refractivity contribution in [3.63, 3.8) is 0 Å². The van der Waals surface area contributed by atoms with Gasteiger partial charge in [0.2, 0.25) is 5.91 Å². The number of methoxy groups -OCH3 is 1. The first-order valence-electron chi connectivity index (χ1n) is 6.16. The first-order chi connectivity index (χ1) is 8.35. The standard InChI is InChI=1S/C12H24N2O4/c1-4-7-12(2,13)11(17)14-9(10(15)16)6-5-8-18-3/h9H,4-8,13H2,1-3H3,(H,14,17)(H,15,16). The number of ether oxygens (including phenoxy) is 1. The van der Waals surface area contributed by atoms with Gasteiger partial charge in [0.15, 0.2) is 0 Å². The molecule has 18 heavy (non-hydrogen) atoms. The van der Waals surface area contributed by atoms with Crippen molar-refractivity contribution in [1.82, 2.24) is 5.32 Å². The van der Waals surface area contributed by atoms with Crippen molar-refractivity contribution < 1.29 is 19.4 Å². The average molecular weight is 260 g/mol. The number of carbonyl (C=O) groups excluding carboxylic acids is 1. The Balaban J connectivity index is 4.40. The molecule has 2 unspecified atom stereocenters. The fourth-order valence-corrected chi connectivity index (χ4v) is 1.65. The van der Waals surface area contributed by atoms with E-state index in [-0.39, 0.29) is 0 Å². The van der Waals surface area contributed by atoms with E-state index in [1.165, 1.54) is 0 Å². The van der Waals surface area contributed by atoms with Gasteiger partial charge in [-0.05, 0) is 26.2 Å². The van der Waals surface area contributed by atoms with Gasteiger partial charge in [-0.25, -0.2) is 4.79 Å². The second-order valence-corrected chi connectivity index (χ2v) is 4.67. The zero-order valence-corrected chi connectivity index (χ0v) is 11.4. The van der Waals surface area contributed by atoms with Gasteiger partial charge in [-0.15, -0.1) is 0 Å². The van der Waals surface area contributed by atoms with Gasteiger partial charge in [0, 0.05) is 13.7 Å². The largest absolute Gasteiger partial charge is 0.480 e. The minimum atomic E-state index is -1.05. The predicted molar refractivity (Wildman–Crippen MR) is 68.2 cm³/mol. The third-order valence-electron chi connectivity index (χ3n) is 2.73. The number of carbonyl (C=O) groups is 2. The highest BCUT2D eigenvalue weighted by molar-refractivity contribution is 5.89. The summed E-state index contributed by atoms with van der Waals surface area (Å²) in [4.78, 5) is 22.9. The number of hydrogen-bond acceptors (Lipinski definition) is 4. The van der Waals surface area contributed by atoms with Gasteiger partial charge >= 0.3 is 5.97 Å². The van der Waals surface area contributed by atoms with Crippen LogP contribution in [0.15, 0.2) is 0 Å². The van der Waals surface area contributed by atoms with Crippen LogP contribution in [0.3, 0.4) is 0 Å². The molecular weight excluding hydrogens is 236 g/mol. The van der Waals surface area contributed by atoms with Gasteiger partial charge < -0.3 is 20.9 Å². The van der Waals surface area contributed by atoms with E-state index in [0.29, 0.717) is 25.9 Å². The lowest BCUT2D eigenvalue weighted by molar-refractivity contribution is -0.143. The van der Waals surface area contributed by atoms with E-state index < -0.39 is 23.5 Å². The SMILES string of the molecule is CCCC(C)(N)C(=O)NC(CCCOC)C(=O)O. The summed E-state index contributed by atoms with van der Waals surface area (Å²) in [5.41, 5.74) is 4.82. The van der Waals surface area contributed by atoms with Gasteiger partial charge in [-0.3, -0.25) is 4.79 Å². The molecule has 0 rings (SSSR count). The Bertz CT molecular complexity index is 279. The number of nitrogens with two attached hydrogens (primary N) is 1. The van der Waals surface area contributed by atoms with Crippen molar-refractivity contribution in [2.75, 3.05) is 13.7 Å². The van der Waals surface area contributed by atoms with E-state index in [9.17, 15) is 9.59 Å². The van der Waals surface area contributed by atoms with Crippen LogP contribution in [0.25, 0.3) is 0 Å². The molecule has 6 heteroatoms. The quantitative estimate of drug-likeness (QED) is 0.524. The van der Waals surface area contributed by atoms with E-state index in [0.717, 1.165) is 6.42 Å². The summed E-state index contributed by atoms with van der Waals surface area (Å²) in [5, 5.41) is 11.5. The molecule has 1 amide bonds. The number of nitrogens with one attached hydrogen (secondary N) is 1. The summed E-state index contributed by atoms with van der Waals surface area (Å²) in [7, 11) is 1.55. The van der Waals surface area contributed by atoms with Gasteiger partial charge in [0.1, 0.15) is 6.04 Å². The minimum absolute atomic E-state index is 0.330. The van der Waals surface area contributed by atoms with Crippen molar-refractivity contribution in [3.05, 3.63) is 0 Å². The molecule has 0 aliphatic rings. The van der Waals surface area contributed by atoms with E-state index in [2.05, 4.69) is 5.32 Å².